The van der Waals surface area contributed by atoms with E-state index in [1.165, 1.54) is 6.92 Å². The summed E-state index contributed by atoms with van der Waals surface area (Å²) in [7, 11) is 0. The third-order valence-electron chi connectivity index (χ3n) is 3.38. The van der Waals surface area contributed by atoms with Gasteiger partial charge in [-0.1, -0.05) is 6.92 Å². The molecule has 1 saturated heterocycles. The Morgan fingerprint density at radius 3 is 2.79 bits per heavy atom. The minimum atomic E-state index is -1.31. The maximum atomic E-state index is 11.5. The van der Waals surface area contributed by atoms with Gasteiger partial charge in [-0.2, -0.15) is 0 Å². The van der Waals surface area contributed by atoms with Crippen molar-refractivity contribution in [2.24, 2.45) is 11.8 Å². The number of hydrogen-bond donors (Lipinski definition) is 1. The van der Waals surface area contributed by atoms with Gasteiger partial charge in [0.15, 0.2) is 5.78 Å². The molecule has 4 atom stereocenters. The van der Waals surface area contributed by atoms with Crippen LogP contribution < -0.4 is 0 Å². The van der Waals surface area contributed by atoms with Crippen molar-refractivity contribution in [1.29, 1.82) is 0 Å². The monoisotopic (exact) mass is 198 g/mol. The fourth-order valence-electron chi connectivity index (χ4n) is 2.28. The van der Waals surface area contributed by atoms with Crippen LogP contribution in [0.5, 0.6) is 0 Å². The molecule has 1 aliphatic carbocycles. The third kappa shape index (κ3) is 1.25. The van der Waals surface area contributed by atoms with Crippen LogP contribution in [0, 0.1) is 11.8 Å². The molecule has 0 aromatic carbocycles. The summed E-state index contributed by atoms with van der Waals surface area (Å²) in [4.78, 5) is 22.7. The summed E-state index contributed by atoms with van der Waals surface area (Å²) in [6.45, 7) is 3.27. The molecule has 2 rings (SSSR count). The van der Waals surface area contributed by atoms with Crippen LogP contribution >= 0.6 is 0 Å². The average Bonchev–Trinajstić information content (AvgIpc) is 2.31. The zero-order valence-corrected chi connectivity index (χ0v) is 8.32. The molecule has 0 aromatic heterocycles. The van der Waals surface area contributed by atoms with Gasteiger partial charge in [0.25, 0.3) is 0 Å². The Bertz CT molecular complexity index is 294. The number of fused-ring (bicyclic) bond motifs is 1. The summed E-state index contributed by atoms with van der Waals surface area (Å²) in [6, 6.07) is 0. The topological polar surface area (TPSA) is 63.6 Å². The number of aliphatic hydroxyl groups is 1. The lowest BCUT2D eigenvalue weighted by Crippen LogP contribution is -2.47. The second-order valence-electron chi connectivity index (χ2n) is 4.53. The maximum absolute atomic E-state index is 11.5. The van der Waals surface area contributed by atoms with Crippen LogP contribution in [0.2, 0.25) is 0 Å². The lowest BCUT2D eigenvalue weighted by molar-refractivity contribution is -0.153. The van der Waals surface area contributed by atoms with Gasteiger partial charge in [0.2, 0.25) is 0 Å². The van der Waals surface area contributed by atoms with Gasteiger partial charge in [0.05, 0.1) is 5.92 Å². The average molecular weight is 198 g/mol. The van der Waals surface area contributed by atoms with Crippen molar-refractivity contribution >= 4 is 11.8 Å². The second kappa shape index (κ2) is 2.79. The first-order valence-electron chi connectivity index (χ1n) is 4.88. The molecule has 14 heavy (non-hydrogen) atoms. The van der Waals surface area contributed by atoms with E-state index in [1.54, 1.807) is 6.92 Å². The molecule has 0 unspecified atom stereocenters. The Balaban J connectivity index is 2.22. The molecule has 1 aliphatic heterocycles. The molecule has 78 valence electrons. The summed E-state index contributed by atoms with van der Waals surface area (Å²) in [5.74, 6) is -0.662. The number of rotatable bonds is 0. The first kappa shape index (κ1) is 9.65. The van der Waals surface area contributed by atoms with Gasteiger partial charge >= 0.3 is 5.97 Å². The molecular weight excluding hydrogens is 184 g/mol. The molecule has 1 heterocycles. The highest BCUT2D eigenvalue weighted by atomic mass is 16.6. The number of ketones is 1. The van der Waals surface area contributed by atoms with Crippen LogP contribution in [0.15, 0.2) is 0 Å². The highest BCUT2D eigenvalue weighted by Gasteiger charge is 2.51. The number of ether oxygens (including phenoxy) is 1. The van der Waals surface area contributed by atoms with Crippen LogP contribution in [0.4, 0.5) is 0 Å². The second-order valence-corrected chi connectivity index (χ2v) is 4.53. The van der Waals surface area contributed by atoms with Crippen molar-refractivity contribution in [2.45, 2.75) is 38.4 Å². The first-order valence-corrected chi connectivity index (χ1v) is 4.88. The van der Waals surface area contributed by atoms with E-state index in [0.717, 1.165) is 0 Å². The Morgan fingerprint density at radius 2 is 2.14 bits per heavy atom. The molecule has 0 bridgehead atoms. The minimum absolute atomic E-state index is 0.0322. The molecule has 0 spiro atoms. The summed E-state index contributed by atoms with van der Waals surface area (Å²) >= 11 is 0. The molecule has 0 radical (unpaired) electrons. The molecule has 1 saturated carbocycles. The van der Waals surface area contributed by atoms with Gasteiger partial charge in [-0.3, -0.25) is 9.59 Å². The van der Waals surface area contributed by atoms with Gasteiger partial charge in [0, 0.05) is 18.8 Å². The van der Waals surface area contributed by atoms with Crippen molar-refractivity contribution < 1.29 is 19.4 Å². The molecule has 4 heteroatoms. The lowest BCUT2D eigenvalue weighted by atomic mass is 9.74. The maximum Gasteiger partial charge on any atom is 0.309 e. The molecule has 0 aromatic rings. The van der Waals surface area contributed by atoms with Gasteiger partial charge in [-0.25, -0.2) is 0 Å². The standard InChI is InChI=1S/C10H14O4/c1-5-6-3-8(11)10(2,13)4-7(6)14-9(5)12/h5-7,13H,3-4H2,1-2H3/t5-,6-,7-,10-/m1/s1. The summed E-state index contributed by atoms with van der Waals surface area (Å²) in [6.07, 6.45) is 0.224. The van der Waals surface area contributed by atoms with E-state index in [0.29, 0.717) is 0 Å². The van der Waals surface area contributed by atoms with Crippen LogP contribution in [0.1, 0.15) is 26.7 Å². The third-order valence-corrected chi connectivity index (χ3v) is 3.38. The van der Waals surface area contributed by atoms with Crippen LogP contribution in [-0.4, -0.2) is 28.6 Å². The summed E-state index contributed by atoms with van der Waals surface area (Å²) in [5.41, 5.74) is -1.31. The number of carbonyl (C=O) groups is 2. The van der Waals surface area contributed by atoms with Gasteiger partial charge in [-0.05, 0) is 6.92 Å². The smallest absolute Gasteiger partial charge is 0.309 e. The van der Waals surface area contributed by atoms with E-state index in [4.69, 9.17) is 4.74 Å². The first-order chi connectivity index (χ1) is 6.42. The van der Waals surface area contributed by atoms with E-state index in [1.807, 2.05) is 0 Å². The number of esters is 1. The van der Waals surface area contributed by atoms with E-state index in [2.05, 4.69) is 0 Å². The van der Waals surface area contributed by atoms with Crippen LogP contribution in [0.3, 0.4) is 0 Å². The molecule has 2 aliphatic rings. The molecule has 2 fully saturated rings. The Kier molecular flexibility index (Phi) is 1.93. The number of hydrogen-bond acceptors (Lipinski definition) is 4. The molecule has 1 N–H and O–H groups in total. The molecule has 0 amide bonds. The lowest BCUT2D eigenvalue weighted by Gasteiger charge is -2.33. The van der Waals surface area contributed by atoms with Crippen molar-refractivity contribution in [1.82, 2.24) is 0 Å². The minimum Gasteiger partial charge on any atom is -0.462 e. The Hall–Kier alpha value is -0.900. The van der Waals surface area contributed by atoms with E-state index in [-0.39, 0.29) is 42.5 Å². The largest absolute Gasteiger partial charge is 0.462 e. The Morgan fingerprint density at radius 1 is 1.50 bits per heavy atom. The van der Waals surface area contributed by atoms with Crippen molar-refractivity contribution in [2.75, 3.05) is 0 Å². The van der Waals surface area contributed by atoms with Gasteiger partial charge in [-0.15, -0.1) is 0 Å². The van der Waals surface area contributed by atoms with E-state index < -0.39 is 5.60 Å². The van der Waals surface area contributed by atoms with Crippen molar-refractivity contribution in [3.05, 3.63) is 0 Å². The van der Waals surface area contributed by atoms with Gasteiger partial charge < -0.3 is 9.84 Å². The predicted molar refractivity (Wildman–Crippen MR) is 47.4 cm³/mol. The van der Waals surface area contributed by atoms with Crippen LogP contribution in [-0.2, 0) is 14.3 Å². The zero-order valence-electron chi connectivity index (χ0n) is 8.32. The van der Waals surface area contributed by atoms with E-state index >= 15 is 0 Å². The molecular formula is C10H14O4. The normalized spacial score (nSPS) is 47.5. The number of carbonyl (C=O) groups excluding carboxylic acids is 2. The quantitative estimate of drug-likeness (QED) is 0.568. The number of Topliss-reactive ketones (excluding diaryl/α,β-unsaturated/α-hetero) is 1. The zero-order chi connectivity index (χ0) is 10.5. The predicted octanol–water partition coefficient (Wildman–Crippen LogP) is 0.278. The summed E-state index contributed by atoms with van der Waals surface area (Å²) < 4.78 is 5.11. The van der Waals surface area contributed by atoms with E-state index in [9.17, 15) is 14.7 Å². The fourth-order valence-corrected chi connectivity index (χ4v) is 2.28. The molecule has 4 nitrogen and oxygen atoms in total. The fraction of sp³-hybridized carbons (Fsp3) is 0.800. The van der Waals surface area contributed by atoms with Gasteiger partial charge in [0.1, 0.15) is 11.7 Å². The highest BCUT2D eigenvalue weighted by Crippen LogP contribution is 2.40. The van der Waals surface area contributed by atoms with Crippen molar-refractivity contribution in [3.8, 4) is 0 Å². The SMILES string of the molecule is C[C@H]1C(=O)O[C@@H]2C[C@@](C)(O)C(=O)C[C@@H]21. The Labute approximate surface area is 82.2 Å². The van der Waals surface area contributed by atoms with Crippen molar-refractivity contribution in [3.63, 3.8) is 0 Å². The summed E-state index contributed by atoms with van der Waals surface area (Å²) in [5, 5.41) is 9.72. The highest BCUT2D eigenvalue weighted by molar-refractivity contribution is 5.89. The van der Waals surface area contributed by atoms with Crippen LogP contribution in [0.25, 0.3) is 0 Å².